The average molecular weight is 254 g/mol. The highest BCUT2D eigenvalue weighted by atomic mass is 79.9. The highest BCUT2D eigenvalue weighted by molar-refractivity contribution is 9.10. The Morgan fingerprint density at radius 1 is 1.50 bits per heavy atom. The van der Waals surface area contributed by atoms with Crippen molar-refractivity contribution in [2.45, 2.75) is 19.8 Å². The maximum atomic E-state index is 8.82. The van der Waals surface area contributed by atoms with Crippen molar-refractivity contribution in [3.8, 4) is 11.8 Å². The predicted molar refractivity (Wildman–Crippen MR) is 59.3 cm³/mol. The molecule has 0 atom stereocenters. The van der Waals surface area contributed by atoms with Gasteiger partial charge in [-0.2, -0.15) is 5.26 Å². The number of halogens is 1. The van der Waals surface area contributed by atoms with Gasteiger partial charge in [-0.3, -0.25) is 0 Å². The second-order valence-electron chi connectivity index (χ2n) is 2.95. The van der Waals surface area contributed by atoms with Gasteiger partial charge in [-0.05, 0) is 24.6 Å². The van der Waals surface area contributed by atoms with Crippen molar-refractivity contribution in [2.75, 3.05) is 6.61 Å². The van der Waals surface area contributed by atoms with E-state index < -0.39 is 0 Å². The first-order valence-electron chi connectivity index (χ1n) is 4.60. The van der Waals surface area contributed by atoms with Gasteiger partial charge in [-0.15, -0.1) is 0 Å². The highest BCUT2D eigenvalue weighted by Gasteiger charge is 2.02. The van der Waals surface area contributed by atoms with Gasteiger partial charge in [0.25, 0.3) is 0 Å². The molecule has 74 valence electrons. The summed E-state index contributed by atoms with van der Waals surface area (Å²) in [5, 5.41) is 8.82. The van der Waals surface area contributed by atoms with Crippen molar-refractivity contribution in [1.29, 1.82) is 5.26 Å². The van der Waals surface area contributed by atoms with Crippen molar-refractivity contribution in [3.63, 3.8) is 0 Å². The van der Waals surface area contributed by atoms with E-state index in [0.29, 0.717) is 17.9 Å². The molecule has 0 aliphatic carbocycles. The maximum absolute atomic E-state index is 8.82. The number of benzene rings is 1. The van der Waals surface area contributed by atoms with E-state index in [1.165, 1.54) is 0 Å². The van der Waals surface area contributed by atoms with Crippen LogP contribution in [0.3, 0.4) is 0 Å². The van der Waals surface area contributed by atoms with Crippen molar-refractivity contribution in [2.24, 2.45) is 0 Å². The molecule has 0 saturated heterocycles. The van der Waals surface area contributed by atoms with Crippen molar-refractivity contribution < 1.29 is 4.74 Å². The fraction of sp³-hybridized carbons (Fsp3) is 0.364. The van der Waals surface area contributed by atoms with Crippen LogP contribution in [0.4, 0.5) is 0 Å². The molecule has 0 unspecified atom stereocenters. The van der Waals surface area contributed by atoms with Gasteiger partial charge in [0.2, 0.25) is 0 Å². The topological polar surface area (TPSA) is 33.0 Å². The van der Waals surface area contributed by atoms with Gasteiger partial charge < -0.3 is 4.74 Å². The van der Waals surface area contributed by atoms with Crippen molar-refractivity contribution >= 4 is 15.9 Å². The smallest absolute Gasteiger partial charge is 0.138 e. The molecule has 0 spiro atoms. The monoisotopic (exact) mass is 253 g/mol. The fourth-order valence-corrected chi connectivity index (χ4v) is 1.37. The first-order chi connectivity index (χ1) is 6.77. The first-order valence-corrected chi connectivity index (χ1v) is 5.39. The molecule has 1 aromatic carbocycles. The van der Waals surface area contributed by atoms with E-state index in [-0.39, 0.29) is 0 Å². The summed E-state index contributed by atoms with van der Waals surface area (Å²) in [5.41, 5.74) is 0.587. The number of ether oxygens (including phenoxy) is 1. The van der Waals surface area contributed by atoms with Gasteiger partial charge in [0.15, 0.2) is 0 Å². The lowest BCUT2D eigenvalue weighted by atomic mass is 10.2. The van der Waals surface area contributed by atoms with Gasteiger partial charge in [-0.1, -0.05) is 29.3 Å². The van der Waals surface area contributed by atoms with E-state index in [1.54, 1.807) is 6.07 Å². The van der Waals surface area contributed by atoms with E-state index in [4.69, 9.17) is 10.00 Å². The lowest BCUT2D eigenvalue weighted by molar-refractivity contribution is 0.308. The molecule has 2 nitrogen and oxygen atoms in total. The van der Waals surface area contributed by atoms with Crippen LogP contribution in [-0.4, -0.2) is 6.61 Å². The summed E-state index contributed by atoms with van der Waals surface area (Å²) in [6, 6.07) is 7.53. The van der Waals surface area contributed by atoms with Crippen LogP contribution in [0.5, 0.6) is 5.75 Å². The molecular formula is C11H12BrNO. The zero-order valence-electron chi connectivity index (χ0n) is 8.09. The zero-order valence-corrected chi connectivity index (χ0v) is 9.67. The lowest BCUT2D eigenvalue weighted by Crippen LogP contribution is -1.98. The molecule has 0 aliphatic rings. The summed E-state index contributed by atoms with van der Waals surface area (Å²) < 4.78 is 6.43. The first kappa shape index (κ1) is 11.1. The Bertz CT molecular complexity index is 344. The molecular weight excluding hydrogens is 242 g/mol. The van der Waals surface area contributed by atoms with Gasteiger partial charge in [0, 0.05) is 4.47 Å². The summed E-state index contributed by atoms with van der Waals surface area (Å²) in [5.74, 6) is 0.662. The van der Waals surface area contributed by atoms with Gasteiger partial charge in [0.05, 0.1) is 12.2 Å². The Hall–Kier alpha value is -1.01. The van der Waals surface area contributed by atoms with Crippen LogP contribution in [-0.2, 0) is 0 Å². The van der Waals surface area contributed by atoms with Gasteiger partial charge in [0.1, 0.15) is 11.8 Å². The van der Waals surface area contributed by atoms with Crippen LogP contribution in [0, 0.1) is 11.3 Å². The predicted octanol–water partition coefficient (Wildman–Crippen LogP) is 3.50. The minimum absolute atomic E-state index is 0.587. The van der Waals surface area contributed by atoms with Crippen LogP contribution in [0.15, 0.2) is 22.7 Å². The average Bonchev–Trinajstić information content (AvgIpc) is 2.19. The summed E-state index contributed by atoms with van der Waals surface area (Å²) in [7, 11) is 0. The third kappa shape index (κ3) is 3.04. The summed E-state index contributed by atoms with van der Waals surface area (Å²) in [6.45, 7) is 2.77. The number of hydrogen-bond acceptors (Lipinski definition) is 2. The van der Waals surface area contributed by atoms with E-state index in [1.807, 2.05) is 12.1 Å². The quantitative estimate of drug-likeness (QED) is 0.770. The number of hydrogen-bond donors (Lipinski definition) is 0. The summed E-state index contributed by atoms with van der Waals surface area (Å²) >= 11 is 3.35. The van der Waals surface area contributed by atoms with Crippen LogP contribution >= 0.6 is 15.9 Å². The zero-order chi connectivity index (χ0) is 10.4. The van der Waals surface area contributed by atoms with Crippen molar-refractivity contribution in [1.82, 2.24) is 0 Å². The Balaban J connectivity index is 2.73. The minimum Gasteiger partial charge on any atom is -0.492 e. The summed E-state index contributed by atoms with van der Waals surface area (Å²) in [4.78, 5) is 0. The third-order valence-electron chi connectivity index (χ3n) is 1.82. The van der Waals surface area contributed by atoms with Crippen LogP contribution in [0.2, 0.25) is 0 Å². The molecule has 0 radical (unpaired) electrons. The molecule has 0 heterocycles. The Kier molecular flexibility index (Phi) is 4.48. The SMILES string of the molecule is CCCCOc1cc(Br)ccc1C#N. The standard InChI is InChI=1S/C11H12BrNO/c1-2-3-6-14-11-7-10(12)5-4-9(11)8-13/h4-5,7H,2-3,6H2,1H3. The third-order valence-corrected chi connectivity index (χ3v) is 2.31. The molecule has 1 aromatic rings. The molecule has 1 rings (SSSR count). The maximum Gasteiger partial charge on any atom is 0.138 e. The molecule has 0 aliphatic heterocycles. The number of nitriles is 1. The molecule has 0 amide bonds. The fourth-order valence-electron chi connectivity index (χ4n) is 1.03. The molecule has 0 saturated carbocycles. The highest BCUT2D eigenvalue weighted by Crippen LogP contribution is 2.23. The molecule has 0 N–H and O–H groups in total. The van der Waals surface area contributed by atoms with E-state index >= 15 is 0 Å². The Morgan fingerprint density at radius 3 is 2.93 bits per heavy atom. The normalized spacial score (nSPS) is 9.50. The number of nitrogens with zero attached hydrogens (tertiary/aromatic N) is 1. The molecule has 0 fully saturated rings. The second-order valence-corrected chi connectivity index (χ2v) is 3.87. The van der Waals surface area contributed by atoms with Crippen LogP contribution in [0.25, 0.3) is 0 Å². The Labute approximate surface area is 92.6 Å². The number of rotatable bonds is 4. The van der Waals surface area contributed by atoms with E-state index in [9.17, 15) is 0 Å². The van der Waals surface area contributed by atoms with Crippen LogP contribution < -0.4 is 4.74 Å². The second kappa shape index (κ2) is 5.66. The van der Waals surface area contributed by atoms with Gasteiger partial charge >= 0.3 is 0 Å². The largest absolute Gasteiger partial charge is 0.492 e. The molecule has 0 bridgehead atoms. The van der Waals surface area contributed by atoms with Gasteiger partial charge in [-0.25, -0.2) is 0 Å². The Morgan fingerprint density at radius 2 is 2.29 bits per heavy atom. The molecule has 0 aromatic heterocycles. The van der Waals surface area contributed by atoms with E-state index in [0.717, 1.165) is 17.3 Å². The van der Waals surface area contributed by atoms with E-state index in [2.05, 4.69) is 28.9 Å². The lowest BCUT2D eigenvalue weighted by Gasteiger charge is -2.06. The molecule has 14 heavy (non-hydrogen) atoms. The van der Waals surface area contributed by atoms with Crippen molar-refractivity contribution in [3.05, 3.63) is 28.2 Å². The number of unbranched alkanes of at least 4 members (excludes halogenated alkanes) is 1. The van der Waals surface area contributed by atoms with Crippen LogP contribution in [0.1, 0.15) is 25.3 Å². The summed E-state index contributed by atoms with van der Waals surface area (Å²) in [6.07, 6.45) is 2.10. The molecule has 3 heteroatoms. The minimum atomic E-state index is 0.587.